The lowest BCUT2D eigenvalue weighted by atomic mass is 10.1. The molecule has 1 saturated heterocycles. The Bertz CT molecular complexity index is 718. The topological polar surface area (TPSA) is 29.5 Å². The van der Waals surface area contributed by atoms with Crippen molar-refractivity contribution in [1.29, 1.82) is 0 Å². The molecule has 3 nitrogen and oxygen atoms in total. The van der Waals surface area contributed by atoms with Crippen LogP contribution < -0.4 is 4.74 Å². The second-order valence-corrected chi connectivity index (χ2v) is 6.68. The number of hydrogen-bond donors (Lipinski definition) is 0. The van der Waals surface area contributed by atoms with Crippen molar-refractivity contribution in [3.05, 3.63) is 64.7 Å². The zero-order valence-electron chi connectivity index (χ0n) is 14.5. The van der Waals surface area contributed by atoms with Gasteiger partial charge in [0.25, 0.3) is 0 Å². The molecule has 1 heterocycles. The van der Waals surface area contributed by atoms with E-state index < -0.39 is 0 Å². The highest BCUT2D eigenvalue weighted by molar-refractivity contribution is 6.00. The smallest absolute Gasteiger partial charge is 0.180 e. The summed E-state index contributed by atoms with van der Waals surface area (Å²) in [5, 5.41) is 0. The molecular weight excluding hydrogens is 298 g/mol. The Balaban J connectivity index is 1.73. The zero-order chi connectivity index (χ0) is 16.9. The van der Waals surface area contributed by atoms with Crippen molar-refractivity contribution in [3.8, 4) is 5.75 Å². The summed E-state index contributed by atoms with van der Waals surface area (Å²) in [6.45, 7) is 7.10. The van der Waals surface area contributed by atoms with E-state index in [-0.39, 0.29) is 5.78 Å². The van der Waals surface area contributed by atoms with Crippen molar-refractivity contribution < 1.29 is 9.53 Å². The van der Waals surface area contributed by atoms with Gasteiger partial charge in [0.05, 0.1) is 12.1 Å². The van der Waals surface area contributed by atoms with Gasteiger partial charge in [0, 0.05) is 0 Å². The summed E-state index contributed by atoms with van der Waals surface area (Å²) in [5.41, 5.74) is 4.12. The molecule has 0 spiro atoms. The van der Waals surface area contributed by atoms with Gasteiger partial charge in [0.15, 0.2) is 5.78 Å². The third-order valence-electron chi connectivity index (χ3n) is 4.48. The number of Topliss-reactive ketones (excluding diaryl/α,β-unsaturated/α-hetero) is 1. The minimum atomic E-state index is 0.153. The fraction of sp³-hybridized carbons (Fsp3) is 0.381. The van der Waals surface area contributed by atoms with Crippen LogP contribution in [0.15, 0.2) is 42.5 Å². The molecule has 24 heavy (non-hydrogen) atoms. The highest BCUT2D eigenvalue weighted by Crippen LogP contribution is 2.23. The van der Waals surface area contributed by atoms with E-state index in [9.17, 15) is 4.79 Å². The first-order valence-electron chi connectivity index (χ1n) is 8.66. The quantitative estimate of drug-likeness (QED) is 0.748. The van der Waals surface area contributed by atoms with E-state index in [4.69, 9.17) is 4.74 Å². The van der Waals surface area contributed by atoms with Gasteiger partial charge in [-0.25, -0.2) is 0 Å². The molecule has 0 amide bonds. The van der Waals surface area contributed by atoms with Crippen molar-refractivity contribution in [2.75, 3.05) is 19.6 Å². The Hall–Kier alpha value is -2.13. The average molecular weight is 323 g/mol. The van der Waals surface area contributed by atoms with Gasteiger partial charge in [0.2, 0.25) is 0 Å². The van der Waals surface area contributed by atoms with E-state index in [0.29, 0.717) is 24.5 Å². The maximum Gasteiger partial charge on any atom is 0.180 e. The first-order valence-corrected chi connectivity index (χ1v) is 8.66. The second-order valence-electron chi connectivity index (χ2n) is 6.68. The largest absolute Gasteiger partial charge is 0.488 e. The Morgan fingerprint density at radius 3 is 2.54 bits per heavy atom. The molecule has 3 rings (SSSR count). The first kappa shape index (κ1) is 16.7. The van der Waals surface area contributed by atoms with Crippen molar-refractivity contribution in [2.24, 2.45) is 0 Å². The van der Waals surface area contributed by atoms with Crippen LogP contribution >= 0.6 is 0 Å². The van der Waals surface area contributed by atoms with Gasteiger partial charge >= 0.3 is 0 Å². The molecule has 2 aromatic rings. The van der Waals surface area contributed by atoms with Crippen LogP contribution in [-0.2, 0) is 6.61 Å². The third kappa shape index (κ3) is 4.24. The predicted octanol–water partition coefficient (Wildman–Crippen LogP) is 4.16. The number of carbonyl (C=O) groups is 1. The summed E-state index contributed by atoms with van der Waals surface area (Å²) in [4.78, 5) is 14.9. The third-order valence-corrected chi connectivity index (χ3v) is 4.48. The number of ketones is 1. The van der Waals surface area contributed by atoms with Gasteiger partial charge in [-0.15, -0.1) is 0 Å². The standard InChI is InChI=1S/C21H25NO2/c1-16-6-5-7-18(12-16)15-24-21-9-8-17(2)13-19(21)20(23)14-22-10-3-4-11-22/h5-9,12-13H,3-4,10-11,14-15H2,1-2H3. The normalized spacial score (nSPS) is 14.8. The van der Waals surface area contributed by atoms with E-state index >= 15 is 0 Å². The molecule has 0 saturated carbocycles. The molecule has 0 radical (unpaired) electrons. The Morgan fingerprint density at radius 2 is 1.79 bits per heavy atom. The number of ether oxygens (including phenoxy) is 1. The van der Waals surface area contributed by atoms with Crippen LogP contribution in [-0.4, -0.2) is 30.3 Å². The van der Waals surface area contributed by atoms with Gasteiger partial charge in [-0.3, -0.25) is 9.69 Å². The van der Waals surface area contributed by atoms with Crippen molar-refractivity contribution in [3.63, 3.8) is 0 Å². The fourth-order valence-electron chi connectivity index (χ4n) is 3.18. The number of rotatable bonds is 6. The minimum absolute atomic E-state index is 0.153. The lowest BCUT2D eigenvalue weighted by Gasteiger charge is -2.16. The Kier molecular flexibility index (Phi) is 5.31. The molecule has 0 aromatic heterocycles. The zero-order valence-corrected chi connectivity index (χ0v) is 14.5. The van der Waals surface area contributed by atoms with E-state index in [1.807, 2.05) is 37.3 Å². The van der Waals surface area contributed by atoms with Gasteiger partial charge in [-0.1, -0.05) is 41.5 Å². The summed E-state index contributed by atoms with van der Waals surface area (Å²) in [6.07, 6.45) is 2.38. The number of benzene rings is 2. The summed E-state index contributed by atoms with van der Waals surface area (Å²) in [6, 6.07) is 14.1. The molecule has 0 N–H and O–H groups in total. The number of aryl methyl sites for hydroxylation is 2. The van der Waals surface area contributed by atoms with Crippen molar-refractivity contribution >= 4 is 5.78 Å². The van der Waals surface area contributed by atoms with Crippen LogP contribution in [0.5, 0.6) is 5.75 Å². The predicted molar refractivity (Wildman–Crippen MR) is 96.7 cm³/mol. The molecular formula is C21H25NO2. The Labute approximate surface area is 144 Å². The molecule has 3 heteroatoms. The van der Waals surface area contributed by atoms with Gasteiger partial charge in [-0.2, -0.15) is 0 Å². The molecule has 1 aliphatic heterocycles. The molecule has 0 unspecified atom stereocenters. The fourth-order valence-corrected chi connectivity index (χ4v) is 3.18. The second kappa shape index (κ2) is 7.63. The lowest BCUT2D eigenvalue weighted by molar-refractivity contribution is 0.0940. The minimum Gasteiger partial charge on any atom is -0.488 e. The first-order chi connectivity index (χ1) is 11.6. The van der Waals surface area contributed by atoms with Crippen LogP contribution in [0.25, 0.3) is 0 Å². The molecule has 0 atom stereocenters. The number of nitrogens with zero attached hydrogens (tertiary/aromatic N) is 1. The van der Waals surface area contributed by atoms with Crippen molar-refractivity contribution in [1.82, 2.24) is 4.90 Å². The summed E-state index contributed by atoms with van der Waals surface area (Å²) in [7, 11) is 0. The maximum atomic E-state index is 12.7. The monoisotopic (exact) mass is 323 g/mol. The highest BCUT2D eigenvalue weighted by atomic mass is 16.5. The molecule has 1 fully saturated rings. The van der Waals surface area contributed by atoms with Gasteiger partial charge < -0.3 is 4.74 Å². The summed E-state index contributed by atoms with van der Waals surface area (Å²) < 4.78 is 5.98. The molecule has 0 aliphatic carbocycles. The summed E-state index contributed by atoms with van der Waals surface area (Å²) in [5.74, 6) is 0.839. The summed E-state index contributed by atoms with van der Waals surface area (Å²) >= 11 is 0. The van der Waals surface area contributed by atoms with Crippen LogP contribution in [0.1, 0.15) is 39.9 Å². The van der Waals surface area contributed by atoms with E-state index in [1.165, 1.54) is 18.4 Å². The molecule has 0 bridgehead atoms. The van der Waals surface area contributed by atoms with E-state index in [2.05, 4.69) is 24.0 Å². The molecule has 2 aromatic carbocycles. The van der Waals surface area contributed by atoms with Gasteiger partial charge in [-0.05, 0) is 57.5 Å². The Morgan fingerprint density at radius 1 is 1.04 bits per heavy atom. The lowest BCUT2D eigenvalue weighted by Crippen LogP contribution is -2.27. The van der Waals surface area contributed by atoms with Crippen LogP contribution in [0, 0.1) is 13.8 Å². The number of carbonyl (C=O) groups excluding carboxylic acids is 1. The van der Waals surface area contributed by atoms with Crippen LogP contribution in [0.4, 0.5) is 0 Å². The molecule has 126 valence electrons. The van der Waals surface area contributed by atoms with Crippen LogP contribution in [0.2, 0.25) is 0 Å². The number of likely N-dealkylation sites (tertiary alicyclic amines) is 1. The number of hydrogen-bond acceptors (Lipinski definition) is 3. The maximum absolute atomic E-state index is 12.7. The molecule has 1 aliphatic rings. The SMILES string of the molecule is Cc1cccc(COc2ccc(C)cc2C(=O)CN2CCCC2)c1. The highest BCUT2D eigenvalue weighted by Gasteiger charge is 2.19. The van der Waals surface area contributed by atoms with Crippen LogP contribution in [0.3, 0.4) is 0 Å². The van der Waals surface area contributed by atoms with E-state index in [1.54, 1.807) is 0 Å². The average Bonchev–Trinajstić information content (AvgIpc) is 3.06. The van der Waals surface area contributed by atoms with Gasteiger partial charge in [0.1, 0.15) is 12.4 Å². The van der Waals surface area contributed by atoms with E-state index in [0.717, 1.165) is 24.2 Å². The van der Waals surface area contributed by atoms with Crippen molar-refractivity contribution in [2.45, 2.75) is 33.3 Å².